The zero-order valence-electron chi connectivity index (χ0n) is 10.5. The molecule has 1 N–H and O–H groups in total. The monoisotopic (exact) mass is 243 g/mol. The SMILES string of the molecule is Cc1cnc(C2CCCN(c3ncccn3)C2)[nH]1. The van der Waals surface area contributed by atoms with Gasteiger partial charge in [-0.2, -0.15) is 0 Å². The Bertz CT molecular complexity index is 507. The molecule has 0 bridgehead atoms. The van der Waals surface area contributed by atoms with Gasteiger partial charge in [0.05, 0.1) is 0 Å². The Morgan fingerprint density at radius 1 is 1.28 bits per heavy atom. The van der Waals surface area contributed by atoms with Gasteiger partial charge in [0.1, 0.15) is 5.82 Å². The summed E-state index contributed by atoms with van der Waals surface area (Å²) in [6.07, 6.45) is 7.82. The topological polar surface area (TPSA) is 57.7 Å². The smallest absolute Gasteiger partial charge is 0.225 e. The minimum Gasteiger partial charge on any atom is -0.346 e. The van der Waals surface area contributed by atoms with E-state index in [2.05, 4.69) is 24.8 Å². The molecule has 0 spiro atoms. The number of piperidine rings is 1. The second kappa shape index (κ2) is 4.76. The number of nitrogens with one attached hydrogen (secondary N) is 1. The number of aromatic amines is 1. The van der Waals surface area contributed by atoms with Crippen molar-refractivity contribution >= 4 is 5.95 Å². The molecular formula is C13H17N5. The van der Waals surface area contributed by atoms with Gasteiger partial charge in [0, 0.05) is 43.3 Å². The summed E-state index contributed by atoms with van der Waals surface area (Å²) < 4.78 is 0. The molecule has 1 aliphatic rings. The Kier molecular flexibility index (Phi) is 2.96. The lowest BCUT2D eigenvalue weighted by molar-refractivity contribution is 0.488. The van der Waals surface area contributed by atoms with Crippen molar-refractivity contribution in [3.8, 4) is 0 Å². The Morgan fingerprint density at radius 3 is 2.83 bits per heavy atom. The number of imidazole rings is 1. The van der Waals surface area contributed by atoms with E-state index in [-0.39, 0.29) is 0 Å². The molecule has 3 rings (SSSR count). The quantitative estimate of drug-likeness (QED) is 0.875. The summed E-state index contributed by atoms with van der Waals surface area (Å²) in [6.45, 7) is 4.01. The maximum absolute atomic E-state index is 4.44. The third kappa shape index (κ3) is 2.20. The number of rotatable bonds is 2. The fourth-order valence-electron chi connectivity index (χ4n) is 2.48. The molecule has 1 aliphatic heterocycles. The van der Waals surface area contributed by atoms with Crippen LogP contribution in [-0.4, -0.2) is 33.0 Å². The second-order valence-corrected chi connectivity index (χ2v) is 4.79. The zero-order valence-corrected chi connectivity index (χ0v) is 10.5. The average molecular weight is 243 g/mol. The molecule has 0 aliphatic carbocycles. The van der Waals surface area contributed by atoms with E-state index in [0.29, 0.717) is 5.92 Å². The summed E-state index contributed by atoms with van der Waals surface area (Å²) in [7, 11) is 0. The van der Waals surface area contributed by atoms with Gasteiger partial charge in [0.25, 0.3) is 0 Å². The van der Waals surface area contributed by atoms with Crippen molar-refractivity contribution < 1.29 is 0 Å². The molecule has 0 radical (unpaired) electrons. The number of hydrogen-bond acceptors (Lipinski definition) is 4. The molecule has 2 aromatic rings. The predicted molar refractivity (Wildman–Crippen MR) is 69.5 cm³/mol. The molecule has 94 valence electrons. The molecule has 5 nitrogen and oxygen atoms in total. The van der Waals surface area contributed by atoms with E-state index >= 15 is 0 Å². The van der Waals surface area contributed by atoms with Crippen molar-refractivity contribution in [1.82, 2.24) is 19.9 Å². The first-order chi connectivity index (χ1) is 8.83. The Morgan fingerprint density at radius 2 is 2.11 bits per heavy atom. The van der Waals surface area contributed by atoms with Gasteiger partial charge in [-0.05, 0) is 25.8 Å². The highest BCUT2D eigenvalue weighted by Gasteiger charge is 2.24. The second-order valence-electron chi connectivity index (χ2n) is 4.79. The van der Waals surface area contributed by atoms with Gasteiger partial charge in [0.15, 0.2) is 0 Å². The molecule has 0 saturated carbocycles. The van der Waals surface area contributed by atoms with Crippen LogP contribution in [0.25, 0.3) is 0 Å². The number of aromatic nitrogens is 4. The molecule has 3 heterocycles. The molecule has 1 atom stereocenters. The van der Waals surface area contributed by atoms with Crippen LogP contribution in [0.3, 0.4) is 0 Å². The Hall–Kier alpha value is -1.91. The number of hydrogen-bond donors (Lipinski definition) is 1. The van der Waals surface area contributed by atoms with Gasteiger partial charge >= 0.3 is 0 Å². The molecule has 1 saturated heterocycles. The first-order valence-electron chi connectivity index (χ1n) is 6.36. The normalized spacial score (nSPS) is 20.1. The van der Waals surface area contributed by atoms with E-state index in [4.69, 9.17) is 0 Å². The standard InChI is InChI=1S/C13H17N5/c1-10-8-16-12(17-10)11-4-2-7-18(9-11)13-14-5-3-6-15-13/h3,5-6,8,11H,2,4,7,9H2,1H3,(H,16,17). The third-order valence-electron chi connectivity index (χ3n) is 3.37. The number of anilines is 1. The Balaban J connectivity index is 1.76. The van der Waals surface area contributed by atoms with E-state index in [1.165, 1.54) is 6.42 Å². The lowest BCUT2D eigenvalue weighted by atomic mass is 9.98. The van der Waals surface area contributed by atoms with E-state index in [9.17, 15) is 0 Å². The third-order valence-corrected chi connectivity index (χ3v) is 3.37. The van der Waals surface area contributed by atoms with Crippen LogP contribution in [-0.2, 0) is 0 Å². The van der Waals surface area contributed by atoms with Crippen molar-refractivity contribution in [2.45, 2.75) is 25.7 Å². The molecule has 0 amide bonds. The first-order valence-corrected chi connectivity index (χ1v) is 6.36. The van der Waals surface area contributed by atoms with E-state index in [1.807, 2.05) is 19.2 Å². The van der Waals surface area contributed by atoms with E-state index in [1.54, 1.807) is 12.4 Å². The summed E-state index contributed by atoms with van der Waals surface area (Å²) >= 11 is 0. The summed E-state index contributed by atoms with van der Waals surface area (Å²) in [5.41, 5.74) is 1.12. The molecule has 1 unspecified atom stereocenters. The summed E-state index contributed by atoms with van der Waals surface area (Å²) in [5, 5.41) is 0. The number of H-pyrrole nitrogens is 1. The van der Waals surface area contributed by atoms with Crippen molar-refractivity contribution in [1.29, 1.82) is 0 Å². The molecule has 2 aromatic heterocycles. The van der Waals surface area contributed by atoms with Gasteiger partial charge in [-0.25, -0.2) is 15.0 Å². The first kappa shape index (κ1) is 11.2. The maximum atomic E-state index is 4.44. The van der Waals surface area contributed by atoms with Crippen LogP contribution in [0.2, 0.25) is 0 Å². The fraction of sp³-hybridized carbons (Fsp3) is 0.462. The van der Waals surface area contributed by atoms with Crippen molar-refractivity contribution in [3.63, 3.8) is 0 Å². The van der Waals surface area contributed by atoms with Crippen LogP contribution >= 0.6 is 0 Å². The molecular weight excluding hydrogens is 226 g/mol. The molecule has 18 heavy (non-hydrogen) atoms. The Labute approximate surface area is 106 Å². The highest BCUT2D eigenvalue weighted by molar-refractivity contribution is 5.30. The van der Waals surface area contributed by atoms with Gasteiger partial charge in [-0.3, -0.25) is 0 Å². The number of aryl methyl sites for hydroxylation is 1. The van der Waals surface area contributed by atoms with Gasteiger partial charge in [-0.1, -0.05) is 0 Å². The zero-order chi connectivity index (χ0) is 12.4. The lowest BCUT2D eigenvalue weighted by Crippen LogP contribution is -2.35. The van der Waals surface area contributed by atoms with Crippen molar-refractivity contribution in [3.05, 3.63) is 36.2 Å². The molecule has 1 fully saturated rings. The molecule has 0 aromatic carbocycles. The van der Waals surface area contributed by atoms with Crippen LogP contribution in [0.4, 0.5) is 5.95 Å². The maximum Gasteiger partial charge on any atom is 0.225 e. The average Bonchev–Trinajstić information content (AvgIpc) is 2.87. The highest BCUT2D eigenvalue weighted by atomic mass is 15.3. The fourth-order valence-corrected chi connectivity index (χ4v) is 2.48. The molecule has 5 heteroatoms. The minimum atomic E-state index is 0.455. The lowest BCUT2D eigenvalue weighted by Gasteiger charge is -2.31. The number of nitrogens with zero attached hydrogens (tertiary/aromatic N) is 4. The van der Waals surface area contributed by atoms with Crippen LogP contribution in [0.15, 0.2) is 24.7 Å². The van der Waals surface area contributed by atoms with Crippen LogP contribution in [0, 0.1) is 6.92 Å². The van der Waals surface area contributed by atoms with E-state index < -0.39 is 0 Å². The minimum absolute atomic E-state index is 0.455. The van der Waals surface area contributed by atoms with E-state index in [0.717, 1.165) is 37.0 Å². The summed E-state index contributed by atoms with van der Waals surface area (Å²) in [6, 6.07) is 1.85. The van der Waals surface area contributed by atoms with Gasteiger partial charge < -0.3 is 9.88 Å². The summed E-state index contributed by atoms with van der Waals surface area (Å²) in [4.78, 5) is 18.7. The van der Waals surface area contributed by atoms with Crippen LogP contribution in [0.5, 0.6) is 0 Å². The largest absolute Gasteiger partial charge is 0.346 e. The van der Waals surface area contributed by atoms with Crippen LogP contribution < -0.4 is 4.90 Å². The van der Waals surface area contributed by atoms with Gasteiger partial charge in [0.2, 0.25) is 5.95 Å². The van der Waals surface area contributed by atoms with Gasteiger partial charge in [-0.15, -0.1) is 0 Å². The predicted octanol–water partition coefficient (Wildman–Crippen LogP) is 1.89. The van der Waals surface area contributed by atoms with Crippen molar-refractivity contribution in [2.24, 2.45) is 0 Å². The van der Waals surface area contributed by atoms with Crippen LogP contribution in [0.1, 0.15) is 30.3 Å². The van der Waals surface area contributed by atoms with Crippen molar-refractivity contribution in [2.75, 3.05) is 18.0 Å². The highest BCUT2D eigenvalue weighted by Crippen LogP contribution is 2.26. The summed E-state index contributed by atoms with van der Waals surface area (Å²) in [5.74, 6) is 2.37.